The van der Waals surface area contributed by atoms with Crippen molar-refractivity contribution in [3.63, 3.8) is 0 Å². The van der Waals surface area contributed by atoms with Crippen LogP contribution in [0.5, 0.6) is 0 Å². The summed E-state index contributed by atoms with van der Waals surface area (Å²) in [6.45, 7) is 7.84. The fourth-order valence-corrected chi connectivity index (χ4v) is 3.19. The summed E-state index contributed by atoms with van der Waals surface area (Å²) in [5.74, 6) is 1.53. The minimum Gasteiger partial charge on any atom is -0.316 e. The minimum absolute atomic E-state index is 0.725. The largest absolute Gasteiger partial charge is 0.316 e. The Kier molecular flexibility index (Phi) is 5.24. The highest BCUT2D eigenvalue weighted by Gasteiger charge is 2.30. The van der Waals surface area contributed by atoms with Gasteiger partial charge in [0.1, 0.15) is 0 Å². The Bertz CT molecular complexity index is 345. The van der Waals surface area contributed by atoms with Crippen LogP contribution in [0, 0.1) is 5.92 Å². The number of nitrogens with one attached hydrogen (secondary N) is 1. The number of hydrogen-bond donors (Lipinski definition) is 1. The molecule has 2 unspecified atom stereocenters. The van der Waals surface area contributed by atoms with Gasteiger partial charge in [0, 0.05) is 24.4 Å². The van der Waals surface area contributed by atoms with Crippen LogP contribution in [0.1, 0.15) is 57.6 Å². The zero-order chi connectivity index (χ0) is 12.8. The van der Waals surface area contributed by atoms with E-state index in [0.717, 1.165) is 24.9 Å². The maximum Gasteiger partial charge on any atom is 0.0492 e. The second-order valence-corrected chi connectivity index (χ2v) is 5.48. The van der Waals surface area contributed by atoms with E-state index in [9.17, 15) is 0 Å². The van der Waals surface area contributed by atoms with Crippen molar-refractivity contribution in [3.8, 4) is 0 Å². The molecule has 1 aliphatic rings. The molecule has 3 nitrogen and oxygen atoms in total. The molecule has 18 heavy (non-hydrogen) atoms. The fourth-order valence-electron chi connectivity index (χ4n) is 3.19. The first-order valence-corrected chi connectivity index (χ1v) is 7.59. The van der Waals surface area contributed by atoms with Crippen LogP contribution >= 0.6 is 0 Å². The molecule has 1 heterocycles. The zero-order valence-corrected chi connectivity index (χ0v) is 11.9. The Hall–Kier alpha value is -0.830. The summed E-state index contributed by atoms with van der Waals surface area (Å²) in [6.07, 6.45) is 8.46. The maximum absolute atomic E-state index is 4.48. The third kappa shape index (κ3) is 3.14. The average Bonchev–Trinajstić information content (AvgIpc) is 2.98. The molecule has 0 amide bonds. The molecule has 1 aromatic rings. The molecule has 0 bridgehead atoms. The van der Waals surface area contributed by atoms with Crippen molar-refractivity contribution < 1.29 is 0 Å². The van der Waals surface area contributed by atoms with E-state index in [-0.39, 0.29) is 0 Å². The van der Waals surface area contributed by atoms with Crippen LogP contribution < -0.4 is 5.32 Å². The van der Waals surface area contributed by atoms with Gasteiger partial charge in [0.25, 0.3) is 0 Å². The molecule has 0 spiro atoms. The molecule has 2 atom stereocenters. The van der Waals surface area contributed by atoms with Crippen molar-refractivity contribution in [3.05, 3.63) is 18.0 Å². The molecule has 2 rings (SSSR count). The van der Waals surface area contributed by atoms with Crippen molar-refractivity contribution in [2.24, 2.45) is 5.92 Å². The van der Waals surface area contributed by atoms with Gasteiger partial charge in [0.15, 0.2) is 0 Å². The first-order chi connectivity index (χ1) is 8.86. The Balaban J connectivity index is 1.99. The van der Waals surface area contributed by atoms with Gasteiger partial charge in [-0.3, -0.25) is 4.68 Å². The third-order valence-corrected chi connectivity index (χ3v) is 4.06. The van der Waals surface area contributed by atoms with Gasteiger partial charge in [-0.05, 0) is 50.8 Å². The van der Waals surface area contributed by atoms with E-state index in [0.29, 0.717) is 0 Å². The van der Waals surface area contributed by atoms with Crippen molar-refractivity contribution in [2.45, 2.75) is 58.4 Å². The Morgan fingerprint density at radius 3 is 3.00 bits per heavy atom. The number of nitrogens with zero attached hydrogens (tertiary/aromatic N) is 2. The second kappa shape index (κ2) is 6.93. The van der Waals surface area contributed by atoms with E-state index >= 15 is 0 Å². The van der Waals surface area contributed by atoms with Crippen LogP contribution in [-0.4, -0.2) is 22.9 Å². The van der Waals surface area contributed by atoms with Crippen molar-refractivity contribution in [2.75, 3.05) is 13.1 Å². The van der Waals surface area contributed by atoms with Gasteiger partial charge in [0.05, 0.1) is 0 Å². The van der Waals surface area contributed by atoms with E-state index in [2.05, 4.69) is 35.0 Å². The molecule has 1 aromatic heterocycles. The summed E-state index contributed by atoms with van der Waals surface area (Å²) in [6, 6.07) is 2.23. The lowest BCUT2D eigenvalue weighted by atomic mass is 9.92. The Labute approximate surface area is 111 Å². The smallest absolute Gasteiger partial charge is 0.0492 e. The van der Waals surface area contributed by atoms with E-state index in [1.807, 2.05) is 6.20 Å². The molecular weight excluding hydrogens is 222 g/mol. The van der Waals surface area contributed by atoms with Gasteiger partial charge in [-0.15, -0.1) is 0 Å². The summed E-state index contributed by atoms with van der Waals surface area (Å²) in [7, 11) is 0. The van der Waals surface area contributed by atoms with Crippen molar-refractivity contribution in [1.82, 2.24) is 15.1 Å². The van der Waals surface area contributed by atoms with Crippen molar-refractivity contribution in [1.29, 1.82) is 0 Å². The quantitative estimate of drug-likeness (QED) is 0.752. The van der Waals surface area contributed by atoms with Gasteiger partial charge in [-0.1, -0.05) is 20.3 Å². The zero-order valence-electron chi connectivity index (χ0n) is 11.9. The van der Waals surface area contributed by atoms with Gasteiger partial charge in [-0.25, -0.2) is 0 Å². The van der Waals surface area contributed by atoms with Gasteiger partial charge in [-0.2, -0.15) is 5.10 Å². The summed E-state index contributed by atoms with van der Waals surface area (Å²) in [5, 5.41) is 8.07. The normalized spacial score (nSPS) is 23.7. The van der Waals surface area contributed by atoms with Crippen LogP contribution in [0.3, 0.4) is 0 Å². The molecular formula is C15H27N3. The third-order valence-electron chi connectivity index (χ3n) is 4.06. The monoisotopic (exact) mass is 249 g/mol. The van der Waals surface area contributed by atoms with Gasteiger partial charge >= 0.3 is 0 Å². The number of aromatic nitrogens is 2. The Morgan fingerprint density at radius 2 is 2.22 bits per heavy atom. The highest BCUT2D eigenvalue weighted by atomic mass is 15.3. The lowest BCUT2D eigenvalue weighted by Crippen LogP contribution is -2.26. The molecule has 3 heteroatoms. The predicted molar refractivity (Wildman–Crippen MR) is 75.8 cm³/mol. The molecule has 0 aromatic carbocycles. The number of aryl methyl sites for hydroxylation is 1. The first kappa shape index (κ1) is 13.6. The SMILES string of the molecule is CCCNCC1CCCC1c1ccnn1CCC. The van der Waals surface area contributed by atoms with E-state index in [1.54, 1.807) is 0 Å². The van der Waals surface area contributed by atoms with E-state index in [1.165, 1.54) is 44.3 Å². The topological polar surface area (TPSA) is 29.9 Å². The minimum atomic E-state index is 0.725. The molecule has 1 aliphatic carbocycles. The van der Waals surface area contributed by atoms with Gasteiger partial charge in [0.2, 0.25) is 0 Å². The lowest BCUT2D eigenvalue weighted by molar-refractivity contribution is 0.418. The molecule has 1 N–H and O–H groups in total. The number of rotatable bonds is 7. The van der Waals surface area contributed by atoms with Gasteiger partial charge < -0.3 is 5.32 Å². The lowest BCUT2D eigenvalue weighted by Gasteiger charge is -2.21. The summed E-state index contributed by atoms with van der Waals surface area (Å²) in [5.41, 5.74) is 1.47. The van der Waals surface area contributed by atoms with Crippen LogP contribution in [0.4, 0.5) is 0 Å². The van der Waals surface area contributed by atoms with E-state index in [4.69, 9.17) is 0 Å². The predicted octanol–water partition coefficient (Wildman–Crippen LogP) is 3.18. The number of hydrogen-bond acceptors (Lipinski definition) is 2. The second-order valence-electron chi connectivity index (χ2n) is 5.48. The fraction of sp³-hybridized carbons (Fsp3) is 0.800. The van der Waals surface area contributed by atoms with Crippen LogP contribution in [-0.2, 0) is 6.54 Å². The molecule has 1 fully saturated rings. The van der Waals surface area contributed by atoms with Crippen molar-refractivity contribution >= 4 is 0 Å². The molecule has 0 aliphatic heterocycles. The molecule has 1 saturated carbocycles. The summed E-state index contributed by atoms with van der Waals surface area (Å²) >= 11 is 0. The average molecular weight is 249 g/mol. The van der Waals surface area contributed by atoms with Crippen LogP contribution in [0.2, 0.25) is 0 Å². The van der Waals surface area contributed by atoms with Crippen LogP contribution in [0.25, 0.3) is 0 Å². The highest BCUT2D eigenvalue weighted by molar-refractivity contribution is 5.12. The first-order valence-electron chi connectivity index (χ1n) is 7.59. The maximum atomic E-state index is 4.48. The summed E-state index contributed by atoms with van der Waals surface area (Å²) in [4.78, 5) is 0. The molecule has 0 saturated heterocycles. The molecule has 0 radical (unpaired) electrons. The van der Waals surface area contributed by atoms with Crippen LogP contribution in [0.15, 0.2) is 12.3 Å². The standard InChI is InChI=1S/C15H27N3/c1-3-9-16-12-13-6-5-7-14(13)15-8-10-17-18(15)11-4-2/h8,10,13-14,16H,3-7,9,11-12H2,1-2H3. The highest BCUT2D eigenvalue weighted by Crippen LogP contribution is 2.39. The van der Waals surface area contributed by atoms with E-state index < -0.39 is 0 Å². The summed E-state index contributed by atoms with van der Waals surface area (Å²) < 4.78 is 2.23. The Morgan fingerprint density at radius 1 is 1.33 bits per heavy atom. The molecule has 102 valence electrons.